The lowest BCUT2D eigenvalue weighted by atomic mass is 10.5. The van der Waals surface area contributed by atoms with Gasteiger partial charge in [0, 0.05) is 0 Å². The average Bonchev–Trinajstić information content (AvgIpc) is 2.34. The highest BCUT2D eigenvalue weighted by molar-refractivity contribution is 5.71. The van der Waals surface area contributed by atoms with Crippen molar-refractivity contribution in [2.24, 2.45) is 0 Å². The van der Waals surface area contributed by atoms with E-state index in [0.29, 0.717) is 12.4 Å². The van der Waals surface area contributed by atoms with Crippen molar-refractivity contribution in [3.05, 3.63) is 11.9 Å². The van der Waals surface area contributed by atoms with E-state index in [1.807, 2.05) is 19.0 Å². The molecular formula is C6H10N4O. The first kappa shape index (κ1) is 7.87. The Kier molecular flexibility index (Phi) is 2.32. The first-order valence-electron chi connectivity index (χ1n) is 3.22. The van der Waals surface area contributed by atoms with Gasteiger partial charge in [0.25, 0.3) is 0 Å². The summed E-state index contributed by atoms with van der Waals surface area (Å²) in [5, 5.41) is 7.32. The summed E-state index contributed by atoms with van der Waals surface area (Å²) in [4.78, 5) is 12.3. The molecule has 0 saturated heterocycles. The van der Waals surface area contributed by atoms with Gasteiger partial charge in [-0.15, -0.1) is 5.10 Å². The number of aldehydes is 1. The molecule has 0 saturated carbocycles. The van der Waals surface area contributed by atoms with Gasteiger partial charge in [-0.2, -0.15) is 0 Å². The predicted octanol–water partition coefficient (Wildman–Crippen LogP) is -0.390. The molecule has 0 spiro atoms. The fraction of sp³-hybridized carbons (Fsp3) is 0.500. The number of rotatable bonds is 3. The Morgan fingerprint density at radius 3 is 3.00 bits per heavy atom. The Morgan fingerprint density at radius 2 is 2.45 bits per heavy atom. The molecule has 5 nitrogen and oxygen atoms in total. The molecule has 0 fully saturated rings. The van der Waals surface area contributed by atoms with Crippen molar-refractivity contribution in [1.29, 1.82) is 0 Å². The molecule has 0 aromatic carbocycles. The van der Waals surface area contributed by atoms with Crippen LogP contribution in [0.4, 0.5) is 0 Å². The second-order valence-corrected chi connectivity index (χ2v) is 2.50. The lowest BCUT2D eigenvalue weighted by Gasteiger charge is -2.08. The van der Waals surface area contributed by atoms with Gasteiger partial charge in [0.05, 0.1) is 12.9 Å². The van der Waals surface area contributed by atoms with Crippen LogP contribution in [0.1, 0.15) is 10.5 Å². The maximum absolute atomic E-state index is 10.4. The lowest BCUT2D eigenvalue weighted by Crippen LogP contribution is -2.19. The Labute approximate surface area is 64.6 Å². The van der Waals surface area contributed by atoms with Gasteiger partial charge in [0.15, 0.2) is 6.29 Å². The van der Waals surface area contributed by atoms with E-state index in [4.69, 9.17) is 0 Å². The van der Waals surface area contributed by atoms with Crippen molar-refractivity contribution in [3.63, 3.8) is 0 Å². The molecule has 1 rings (SSSR count). The molecule has 0 atom stereocenters. The monoisotopic (exact) mass is 154 g/mol. The van der Waals surface area contributed by atoms with Gasteiger partial charge in [-0.3, -0.25) is 9.69 Å². The standard InChI is InChI=1S/C6H10N4O/c1-9(2)5-10-6(4-11)3-7-8-10/h3-4H,5H2,1-2H3. The van der Waals surface area contributed by atoms with Crippen LogP contribution in [0.5, 0.6) is 0 Å². The molecule has 5 heteroatoms. The number of hydrogen-bond donors (Lipinski definition) is 0. The SMILES string of the molecule is CN(C)Cn1nncc1C=O. The van der Waals surface area contributed by atoms with Crippen molar-refractivity contribution in [2.45, 2.75) is 6.67 Å². The van der Waals surface area contributed by atoms with Crippen molar-refractivity contribution >= 4 is 6.29 Å². The Bertz CT molecular complexity index is 242. The van der Waals surface area contributed by atoms with Gasteiger partial charge in [-0.1, -0.05) is 5.21 Å². The predicted molar refractivity (Wildman–Crippen MR) is 39.1 cm³/mol. The van der Waals surface area contributed by atoms with Crippen LogP contribution < -0.4 is 0 Å². The van der Waals surface area contributed by atoms with Gasteiger partial charge in [-0.05, 0) is 14.1 Å². The van der Waals surface area contributed by atoms with E-state index in [-0.39, 0.29) is 0 Å². The van der Waals surface area contributed by atoms with Crippen LogP contribution in [0, 0.1) is 0 Å². The Balaban J connectivity index is 2.76. The van der Waals surface area contributed by atoms with Crippen LogP contribution in [0.15, 0.2) is 6.20 Å². The minimum atomic E-state index is 0.499. The van der Waals surface area contributed by atoms with Crippen molar-refractivity contribution in [1.82, 2.24) is 19.9 Å². The van der Waals surface area contributed by atoms with E-state index in [1.54, 1.807) is 0 Å². The van der Waals surface area contributed by atoms with Gasteiger partial charge in [-0.25, -0.2) is 4.68 Å². The summed E-state index contributed by atoms with van der Waals surface area (Å²) in [5.41, 5.74) is 0.499. The summed E-state index contributed by atoms with van der Waals surface area (Å²) in [6, 6.07) is 0. The molecule has 0 unspecified atom stereocenters. The second-order valence-electron chi connectivity index (χ2n) is 2.50. The quantitative estimate of drug-likeness (QED) is 0.556. The normalized spacial score (nSPS) is 10.5. The zero-order valence-electron chi connectivity index (χ0n) is 6.56. The van der Waals surface area contributed by atoms with Crippen LogP contribution in [0.2, 0.25) is 0 Å². The van der Waals surface area contributed by atoms with E-state index in [9.17, 15) is 4.79 Å². The van der Waals surface area contributed by atoms with E-state index >= 15 is 0 Å². The first-order valence-corrected chi connectivity index (χ1v) is 3.22. The molecule has 0 amide bonds. The summed E-state index contributed by atoms with van der Waals surface area (Å²) in [6.45, 7) is 0.577. The van der Waals surface area contributed by atoms with E-state index in [0.717, 1.165) is 6.29 Å². The maximum Gasteiger partial charge on any atom is 0.169 e. The zero-order chi connectivity index (χ0) is 8.27. The molecule has 0 bridgehead atoms. The zero-order valence-corrected chi connectivity index (χ0v) is 6.56. The third-order valence-electron chi connectivity index (χ3n) is 1.19. The molecule has 0 N–H and O–H groups in total. The van der Waals surface area contributed by atoms with Crippen LogP contribution in [0.25, 0.3) is 0 Å². The smallest absolute Gasteiger partial charge is 0.169 e. The highest BCUT2D eigenvalue weighted by atomic mass is 16.1. The minimum Gasteiger partial charge on any atom is -0.296 e. The fourth-order valence-electron chi connectivity index (χ4n) is 0.735. The van der Waals surface area contributed by atoms with E-state index < -0.39 is 0 Å². The fourth-order valence-corrected chi connectivity index (χ4v) is 0.735. The molecule has 1 heterocycles. The topological polar surface area (TPSA) is 51.0 Å². The molecule has 11 heavy (non-hydrogen) atoms. The molecule has 1 aromatic rings. The van der Waals surface area contributed by atoms with Gasteiger partial charge in [0.1, 0.15) is 5.69 Å². The largest absolute Gasteiger partial charge is 0.296 e. The number of carbonyl (C=O) groups is 1. The minimum absolute atomic E-state index is 0.499. The van der Waals surface area contributed by atoms with E-state index in [1.165, 1.54) is 10.9 Å². The molecule has 0 aliphatic rings. The summed E-state index contributed by atoms with van der Waals surface area (Å²) in [6.07, 6.45) is 2.18. The number of hydrogen-bond acceptors (Lipinski definition) is 4. The van der Waals surface area contributed by atoms with Crippen LogP contribution in [0.3, 0.4) is 0 Å². The van der Waals surface area contributed by atoms with E-state index in [2.05, 4.69) is 10.3 Å². The van der Waals surface area contributed by atoms with Gasteiger partial charge >= 0.3 is 0 Å². The lowest BCUT2D eigenvalue weighted by molar-refractivity contribution is 0.111. The third-order valence-corrected chi connectivity index (χ3v) is 1.19. The molecule has 60 valence electrons. The third kappa shape index (κ3) is 1.84. The van der Waals surface area contributed by atoms with Crippen molar-refractivity contribution < 1.29 is 4.79 Å². The highest BCUT2D eigenvalue weighted by Crippen LogP contribution is 1.91. The van der Waals surface area contributed by atoms with Crippen molar-refractivity contribution in [2.75, 3.05) is 14.1 Å². The summed E-state index contributed by atoms with van der Waals surface area (Å²) < 4.78 is 1.53. The number of nitrogens with zero attached hydrogens (tertiary/aromatic N) is 4. The number of aromatic nitrogens is 3. The Hall–Kier alpha value is -1.23. The summed E-state index contributed by atoms with van der Waals surface area (Å²) in [7, 11) is 3.80. The Morgan fingerprint density at radius 1 is 1.73 bits per heavy atom. The van der Waals surface area contributed by atoms with Crippen molar-refractivity contribution in [3.8, 4) is 0 Å². The molecule has 0 aliphatic carbocycles. The maximum atomic E-state index is 10.4. The summed E-state index contributed by atoms with van der Waals surface area (Å²) in [5.74, 6) is 0. The molecular weight excluding hydrogens is 144 g/mol. The molecule has 0 aliphatic heterocycles. The number of carbonyl (C=O) groups excluding carboxylic acids is 1. The van der Waals surface area contributed by atoms with Crippen LogP contribution >= 0.6 is 0 Å². The van der Waals surface area contributed by atoms with Gasteiger partial charge < -0.3 is 0 Å². The molecule has 1 aromatic heterocycles. The van der Waals surface area contributed by atoms with Crippen LogP contribution in [-0.4, -0.2) is 40.3 Å². The molecule has 0 radical (unpaired) electrons. The average molecular weight is 154 g/mol. The highest BCUT2D eigenvalue weighted by Gasteiger charge is 2.01. The van der Waals surface area contributed by atoms with Crippen LogP contribution in [-0.2, 0) is 6.67 Å². The first-order chi connectivity index (χ1) is 5.24. The summed E-state index contributed by atoms with van der Waals surface area (Å²) >= 11 is 0. The second kappa shape index (κ2) is 3.25. The van der Waals surface area contributed by atoms with Gasteiger partial charge in [0.2, 0.25) is 0 Å².